The van der Waals surface area contributed by atoms with Crippen LogP contribution in [-0.2, 0) is 17.8 Å². The highest BCUT2D eigenvalue weighted by Crippen LogP contribution is 2.24. The zero-order valence-electron chi connectivity index (χ0n) is 17.8. The normalized spacial score (nSPS) is 14.4. The molecule has 1 aromatic heterocycles. The molecule has 0 fully saturated rings. The van der Waals surface area contributed by atoms with Crippen molar-refractivity contribution in [1.29, 1.82) is 0 Å². The molecule has 0 saturated heterocycles. The van der Waals surface area contributed by atoms with Crippen molar-refractivity contribution in [3.8, 4) is 5.75 Å². The van der Waals surface area contributed by atoms with Gasteiger partial charge in [0, 0.05) is 24.5 Å². The smallest absolute Gasteiger partial charge is 0.244 e. The summed E-state index contributed by atoms with van der Waals surface area (Å²) in [5, 5.41) is 8.57. The fourth-order valence-electron chi connectivity index (χ4n) is 3.24. The van der Waals surface area contributed by atoms with Gasteiger partial charge in [0.1, 0.15) is 18.4 Å². The van der Waals surface area contributed by atoms with E-state index in [9.17, 15) is 4.79 Å². The van der Waals surface area contributed by atoms with Gasteiger partial charge < -0.3 is 20.3 Å². The molecule has 1 aliphatic rings. The van der Waals surface area contributed by atoms with E-state index in [2.05, 4.69) is 27.1 Å². The number of benzene rings is 1. The summed E-state index contributed by atoms with van der Waals surface area (Å²) >= 11 is 1.78. The Labute approximate surface area is 200 Å². The number of para-hydroxylation sites is 1. The van der Waals surface area contributed by atoms with E-state index < -0.39 is 0 Å². The highest BCUT2D eigenvalue weighted by atomic mass is 127. The molecule has 0 spiro atoms. The van der Waals surface area contributed by atoms with Crippen LogP contribution in [0.3, 0.4) is 0 Å². The van der Waals surface area contributed by atoms with E-state index in [1.807, 2.05) is 49.9 Å². The number of nitrogens with zero attached hydrogens (tertiary/aromatic N) is 2. The third-order valence-electron chi connectivity index (χ3n) is 4.86. The van der Waals surface area contributed by atoms with Crippen molar-refractivity contribution in [3.05, 3.63) is 51.7 Å². The number of aryl methyl sites for hydroxylation is 1. The SMILES string of the molecule is CCNC(=NCC(=O)N1CCc2sccc2C1)NCC(C)Oc1ccccc1C.I. The number of fused-ring (bicyclic) bond motifs is 1. The molecular formula is C22H31IN4O2S. The molecule has 1 aromatic carbocycles. The minimum atomic E-state index is -0.0326. The van der Waals surface area contributed by atoms with Gasteiger partial charge in [-0.05, 0) is 55.8 Å². The highest BCUT2D eigenvalue weighted by molar-refractivity contribution is 14.0. The van der Waals surface area contributed by atoms with Gasteiger partial charge >= 0.3 is 0 Å². The average molecular weight is 542 g/mol. The topological polar surface area (TPSA) is 66.0 Å². The van der Waals surface area contributed by atoms with Crippen LogP contribution < -0.4 is 15.4 Å². The maximum Gasteiger partial charge on any atom is 0.244 e. The molecule has 8 heteroatoms. The van der Waals surface area contributed by atoms with Gasteiger partial charge in [-0.2, -0.15) is 0 Å². The van der Waals surface area contributed by atoms with Gasteiger partial charge in [-0.15, -0.1) is 35.3 Å². The molecule has 3 rings (SSSR count). The number of amides is 1. The third kappa shape index (κ3) is 6.87. The Balaban J connectivity index is 0.00000320. The number of guanidine groups is 1. The molecule has 164 valence electrons. The van der Waals surface area contributed by atoms with E-state index in [1.165, 1.54) is 10.4 Å². The molecule has 0 aliphatic carbocycles. The Morgan fingerprint density at radius 1 is 1.30 bits per heavy atom. The second-order valence-corrected chi connectivity index (χ2v) is 8.21. The predicted octanol–water partition coefficient (Wildman–Crippen LogP) is 3.58. The van der Waals surface area contributed by atoms with Crippen molar-refractivity contribution in [1.82, 2.24) is 15.5 Å². The van der Waals surface area contributed by atoms with E-state index in [0.717, 1.165) is 30.8 Å². The first-order valence-electron chi connectivity index (χ1n) is 10.1. The molecule has 0 saturated carbocycles. The number of halogens is 1. The van der Waals surface area contributed by atoms with Gasteiger partial charge in [-0.1, -0.05) is 18.2 Å². The summed E-state index contributed by atoms with van der Waals surface area (Å²) in [5.41, 5.74) is 2.38. The molecule has 2 aromatic rings. The van der Waals surface area contributed by atoms with Gasteiger partial charge in [-0.3, -0.25) is 4.79 Å². The molecule has 1 atom stereocenters. The Bertz CT molecular complexity index is 855. The van der Waals surface area contributed by atoms with Crippen LogP contribution in [0.1, 0.15) is 29.9 Å². The highest BCUT2D eigenvalue weighted by Gasteiger charge is 2.21. The third-order valence-corrected chi connectivity index (χ3v) is 5.88. The maximum absolute atomic E-state index is 12.6. The number of ether oxygens (including phenoxy) is 1. The van der Waals surface area contributed by atoms with Gasteiger partial charge in [0.05, 0.1) is 6.54 Å². The Kier molecular flexibility index (Phi) is 9.90. The van der Waals surface area contributed by atoms with Crippen LogP contribution in [0.15, 0.2) is 40.7 Å². The van der Waals surface area contributed by atoms with Gasteiger partial charge in [0.15, 0.2) is 5.96 Å². The van der Waals surface area contributed by atoms with E-state index >= 15 is 0 Å². The fourth-order valence-corrected chi connectivity index (χ4v) is 4.13. The maximum atomic E-state index is 12.6. The van der Waals surface area contributed by atoms with Crippen LogP contribution in [0, 0.1) is 6.92 Å². The minimum Gasteiger partial charge on any atom is -0.489 e. The molecule has 1 amide bonds. The number of nitrogens with one attached hydrogen (secondary N) is 2. The number of carbonyl (C=O) groups excluding carboxylic acids is 1. The Morgan fingerprint density at radius 2 is 2.10 bits per heavy atom. The number of aliphatic imine (C=N–C) groups is 1. The van der Waals surface area contributed by atoms with Crippen molar-refractivity contribution in [2.45, 2.75) is 39.8 Å². The summed E-state index contributed by atoms with van der Waals surface area (Å²) in [6.45, 7) is 8.99. The lowest BCUT2D eigenvalue weighted by Crippen LogP contribution is -2.43. The first-order valence-corrected chi connectivity index (χ1v) is 11.0. The lowest BCUT2D eigenvalue weighted by molar-refractivity contribution is -0.130. The number of hydrogen-bond acceptors (Lipinski definition) is 4. The zero-order chi connectivity index (χ0) is 20.6. The van der Waals surface area contributed by atoms with Crippen LogP contribution in [-0.4, -0.2) is 49.0 Å². The quantitative estimate of drug-likeness (QED) is 0.319. The zero-order valence-corrected chi connectivity index (χ0v) is 21.0. The van der Waals surface area contributed by atoms with Crippen molar-refractivity contribution < 1.29 is 9.53 Å². The second-order valence-electron chi connectivity index (χ2n) is 7.20. The van der Waals surface area contributed by atoms with Crippen molar-refractivity contribution in [3.63, 3.8) is 0 Å². The summed E-state index contributed by atoms with van der Waals surface area (Å²) in [4.78, 5) is 20.4. The first kappa shape index (κ1) is 24.5. The number of hydrogen-bond donors (Lipinski definition) is 2. The lowest BCUT2D eigenvalue weighted by Gasteiger charge is -2.26. The van der Waals surface area contributed by atoms with Crippen LogP contribution >= 0.6 is 35.3 Å². The first-order chi connectivity index (χ1) is 14.1. The molecule has 0 radical (unpaired) electrons. The largest absolute Gasteiger partial charge is 0.489 e. The van der Waals surface area contributed by atoms with Gasteiger partial charge in [0.25, 0.3) is 0 Å². The number of thiophene rings is 1. The molecule has 2 N–H and O–H groups in total. The Morgan fingerprint density at radius 3 is 2.87 bits per heavy atom. The summed E-state index contributed by atoms with van der Waals surface area (Å²) in [5.74, 6) is 1.58. The molecule has 1 unspecified atom stereocenters. The molecule has 30 heavy (non-hydrogen) atoms. The predicted molar refractivity (Wildman–Crippen MR) is 134 cm³/mol. The monoisotopic (exact) mass is 542 g/mol. The van der Waals surface area contributed by atoms with E-state index in [4.69, 9.17) is 4.74 Å². The number of carbonyl (C=O) groups is 1. The van der Waals surface area contributed by atoms with Crippen molar-refractivity contribution in [2.75, 3.05) is 26.2 Å². The van der Waals surface area contributed by atoms with E-state index in [0.29, 0.717) is 19.0 Å². The van der Waals surface area contributed by atoms with Crippen LogP contribution in [0.25, 0.3) is 0 Å². The van der Waals surface area contributed by atoms with Crippen molar-refractivity contribution in [2.24, 2.45) is 4.99 Å². The fraction of sp³-hybridized carbons (Fsp3) is 0.455. The standard InChI is InChI=1S/C22H30N4O2S.HI/c1-4-23-22(24-13-17(3)28-19-8-6-5-7-16(19)2)25-14-21(27)26-11-9-20-18(15-26)10-12-29-20;/h5-8,10,12,17H,4,9,11,13-15H2,1-3H3,(H2,23,24,25);1H. The second kappa shape index (κ2) is 12.1. The van der Waals surface area contributed by atoms with Crippen LogP contribution in [0.2, 0.25) is 0 Å². The molecule has 1 aliphatic heterocycles. The molecule has 2 heterocycles. The molecule has 6 nitrogen and oxygen atoms in total. The van der Waals surface area contributed by atoms with E-state index in [-0.39, 0.29) is 42.5 Å². The number of rotatable bonds is 7. The Hall–Kier alpha value is -1.81. The summed E-state index contributed by atoms with van der Waals surface area (Å²) < 4.78 is 6.00. The summed E-state index contributed by atoms with van der Waals surface area (Å²) in [6, 6.07) is 10.1. The van der Waals surface area contributed by atoms with Gasteiger partial charge in [0.2, 0.25) is 5.91 Å². The van der Waals surface area contributed by atoms with Crippen LogP contribution in [0.5, 0.6) is 5.75 Å². The molecular weight excluding hydrogens is 511 g/mol. The van der Waals surface area contributed by atoms with Gasteiger partial charge in [-0.25, -0.2) is 4.99 Å². The lowest BCUT2D eigenvalue weighted by atomic mass is 10.1. The average Bonchev–Trinajstić information content (AvgIpc) is 3.19. The van der Waals surface area contributed by atoms with Crippen LogP contribution in [0.4, 0.5) is 0 Å². The van der Waals surface area contributed by atoms with Crippen molar-refractivity contribution >= 4 is 47.2 Å². The molecule has 0 bridgehead atoms. The minimum absolute atomic E-state index is 0. The summed E-state index contributed by atoms with van der Waals surface area (Å²) in [6.07, 6.45) is 0.906. The van der Waals surface area contributed by atoms with E-state index in [1.54, 1.807) is 11.3 Å². The summed E-state index contributed by atoms with van der Waals surface area (Å²) in [7, 11) is 0.